The maximum atomic E-state index is 12.2. The molecule has 0 aromatic heterocycles. The number of nitrogens with zero attached hydrogens (tertiary/aromatic N) is 2. The molecular formula is C12H14N2O5S. The number of carbonyl (C=O) groups is 1. The highest BCUT2D eigenvalue weighted by Gasteiger charge is 2.23. The van der Waals surface area contributed by atoms with Crippen molar-refractivity contribution >= 4 is 16.0 Å². The first-order valence-electron chi connectivity index (χ1n) is 5.59. The van der Waals surface area contributed by atoms with Crippen LogP contribution < -0.4 is 4.74 Å². The number of benzene rings is 1. The smallest absolute Gasteiger partial charge is 0.339 e. The largest absolute Gasteiger partial charge is 0.496 e. The average Bonchev–Trinajstić information content (AvgIpc) is 2.43. The van der Waals surface area contributed by atoms with Crippen LogP contribution in [0.2, 0.25) is 0 Å². The van der Waals surface area contributed by atoms with Gasteiger partial charge >= 0.3 is 5.97 Å². The van der Waals surface area contributed by atoms with Gasteiger partial charge in [0, 0.05) is 20.0 Å². The fourth-order valence-corrected chi connectivity index (χ4v) is 2.72. The Labute approximate surface area is 117 Å². The minimum absolute atomic E-state index is 0.0350. The van der Waals surface area contributed by atoms with Crippen molar-refractivity contribution in [2.75, 3.05) is 20.7 Å². The van der Waals surface area contributed by atoms with E-state index in [4.69, 9.17) is 15.1 Å². The van der Waals surface area contributed by atoms with Crippen molar-refractivity contribution in [2.45, 2.75) is 11.3 Å². The Hall–Kier alpha value is -2.11. The molecule has 0 unspecified atom stereocenters. The van der Waals surface area contributed by atoms with Gasteiger partial charge in [0.25, 0.3) is 0 Å². The molecule has 0 radical (unpaired) electrons. The summed E-state index contributed by atoms with van der Waals surface area (Å²) in [4.78, 5) is 10.9. The van der Waals surface area contributed by atoms with Crippen LogP contribution in [0.1, 0.15) is 16.8 Å². The van der Waals surface area contributed by atoms with Gasteiger partial charge in [-0.2, -0.15) is 9.57 Å². The Morgan fingerprint density at radius 1 is 1.50 bits per heavy atom. The molecule has 0 amide bonds. The number of carboxylic acid groups (broad SMARTS) is 1. The highest BCUT2D eigenvalue weighted by Crippen LogP contribution is 2.24. The van der Waals surface area contributed by atoms with E-state index in [1.807, 2.05) is 6.07 Å². The van der Waals surface area contributed by atoms with E-state index < -0.39 is 16.0 Å². The lowest BCUT2D eigenvalue weighted by molar-refractivity contribution is 0.0693. The first-order chi connectivity index (χ1) is 9.34. The van der Waals surface area contributed by atoms with Crippen LogP contribution >= 0.6 is 0 Å². The number of aromatic carboxylic acids is 1. The van der Waals surface area contributed by atoms with Crippen molar-refractivity contribution < 1.29 is 23.1 Å². The van der Waals surface area contributed by atoms with E-state index in [2.05, 4.69) is 0 Å². The van der Waals surface area contributed by atoms with Gasteiger partial charge in [0.05, 0.1) is 18.1 Å². The number of hydrogen-bond acceptors (Lipinski definition) is 5. The van der Waals surface area contributed by atoms with E-state index >= 15 is 0 Å². The van der Waals surface area contributed by atoms with Gasteiger partial charge in [-0.3, -0.25) is 0 Å². The number of sulfonamides is 1. The summed E-state index contributed by atoms with van der Waals surface area (Å²) in [5.74, 6) is -1.20. The van der Waals surface area contributed by atoms with E-state index in [-0.39, 0.29) is 29.2 Å². The summed E-state index contributed by atoms with van der Waals surface area (Å²) < 4.78 is 30.3. The molecule has 20 heavy (non-hydrogen) atoms. The summed E-state index contributed by atoms with van der Waals surface area (Å²) >= 11 is 0. The minimum Gasteiger partial charge on any atom is -0.496 e. The molecule has 1 aromatic rings. The van der Waals surface area contributed by atoms with Crippen molar-refractivity contribution in [3.8, 4) is 11.8 Å². The number of hydrogen-bond donors (Lipinski definition) is 1. The number of rotatable bonds is 6. The lowest BCUT2D eigenvalue weighted by Gasteiger charge is -2.16. The molecule has 0 fully saturated rings. The third-order valence-corrected chi connectivity index (χ3v) is 4.50. The van der Waals surface area contributed by atoms with E-state index in [0.29, 0.717) is 0 Å². The van der Waals surface area contributed by atoms with E-state index in [1.54, 1.807) is 0 Å². The van der Waals surface area contributed by atoms with E-state index in [0.717, 1.165) is 10.4 Å². The molecule has 0 bridgehead atoms. The summed E-state index contributed by atoms with van der Waals surface area (Å²) in [5, 5.41) is 17.5. The molecule has 0 aliphatic carbocycles. The molecule has 0 spiro atoms. The van der Waals surface area contributed by atoms with Crippen molar-refractivity contribution in [1.82, 2.24) is 4.31 Å². The molecule has 0 aliphatic heterocycles. The molecule has 0 atom stereocenters. The fraction of sp³-hybridized carbons (Fsp3) is 0.333. The monoisotopic (exact) mass is 298 g/mol. The predicted octanol–water partition coefficient (Wildman–Crippen LogP) is 0.928. The van der Waals surface area contributed by atoms with Crippen molar-refractivity contribution in [3.63, 3.8) is 0 Å². The topological polar surface area (TPSA) is 108 Å². The van der Waals surface area contributed by atoms with E-state index in [9.17, 15) is 13.2 Å². The number of carboxylic acids is 1. The number of ether oxygens (including phenoxy) is 1. The van der Waals surface area contributed by atoms with Crippen molar-refractivity contribution in [1.29, 1.82) is 5.26 Å². The molecule has 108 valence electrons. The van der Waals surface area contributed by atoms with Crippen LogP contribution in [0.4, 0.5) is 0 Å². The zero-order valence-electron chi connectivity index (χ0n) is 11.0. The lowest BCUT2D eigenvalue weighted by Crippen LogP contribution is -2.28. The summed E-state index contributed by atoms with van der Waals surface area (Å²) in [6.45, 7) is 0.0350. The Bertz CT molecular complexity index is 648. The van der Waals surface area contributed by atoms with Gasteiger partial charge in [-0.05, 0) is 18.2 Å². The molecule has 0 aliphatic rings. The fourth-order valence-electron chi connectivity index (χ4n) is 1.52. The maximum absolute atomic E-state index is 12.2. The van der Waals surface area contributed by atoms with Crippen LogP contribution in [0.15, 0.2) is 23.1 Å². The van der Waals surface area contributed by atoms with Gasteiger partial charge < -0.3 is 9.84 Å². The third kappa shape index (κ3) is 3.26. The summed E-state index contributed by atoms with van der Waals surface area (Å²) in [5.41, 5.74) is -0.234. The van der Waals surface area contributed by atoms with Crippen LogP contribution in [0.25, 0.3) is 0 Å². The number of nitriles is 1. The summed E-state index contributed by atoms with van der Waals surface area (Å²) in [7, 11) is -1.20. The molecule has 0 saturated carbocycles. The highest BCUT2D eigenvalue weighted by atomic mass is 32.2. The molecule has 1 N–H and O–H groups in total. The van der Waals surface area contributed by atoms with Crippen LogP contribution in [0, 0.1) is 11.3 Å². The Kier molecular flexibility index (Phi) is 5.07. The van der Waals surface area contributed by atoms with Crippen LogP contribution in [0.5, 0.6) is 5.75 Å². The summed E-state index contributed by atoms with van der Waals surface area (Å²) in [6, 6.07) is 5.44. The van der Waals surface area contributed by atoms with Crippen molar-refractivity contribution in [3.05, 3.63) is 23.8 Å². The molecule has 7 nitrogen and oxygen atoms in total. The lowest BCUT2D eigenvalue weighted by atomic mass is 10.2. The SMILES string of the molecule is COc1ccc(S(=O)(=O)N(C)CCC#N)cc1C(=O)O. The third-order valence-electron chi connectivity index (χ3n) is 2.65. The van der Waals surface area contributed by atoms with Crippen LogP contribution in [-0.4, -0.2) is 44.5 Å². The standard InChI is InChI=1S/C12H14N2O5S/c1-14(7-3-6-13)20(17,18)9-4-5-11(19-2)10(8-9)12(15)16/h4-5,8H,3,7H2,1-2H3,(H,15,16). The van der Waals surface area contributed by atoms with Gasteiger partial charge in [-0.1, -0.05) is 0 Å². The minimum atomic E-state index is -3.83. The molecule has 1 aromatic carbocycles. The Morgan fingerprint density at radius 2 is 2.15 bits per heavy atom. The second-order valence-electron chi connectivity index (χ2n) is 3.90. The maximum Gasteiger partial charge on any atom is 0.339 e. The Balaban J connectivity index is 3.23. The number of methoxy groups -OCH3 is 1. The van der Waals surface area contributed by atoms with Gasteiger partial charge in [-0.15, -0.1) is 0 Å². The van der Waals surface area contributed by atoms with Gasteiger partial charge in [0.15, 0.2) is 0 Å². The van der Waals surface area contributed by atoms with Crippen molar-refractivity contribution in [2.24, 2.45) is 0 Å². The zero-order valence-corrected chi connectivity index (χ0v) is 11.8. The Morgan fingerprint density at radius 3 is 2.65 bits per heavy atom. The molecule has 0 heterocycles. The van der Waals surface area contributed by atoms with Crippen LogP contribution in [0.3, 0.4) is 0 Å². The van der Waals surface area contributed by atoms with E-state index in [1.165, 1.54) is 26.3 Å². The second-order valence-corrected chi connectivity index (χ2v) is 5.95. The molecule has 1 rings (SSSR count). The van der Waals surface area contributed by atoms with Gasteiger partial charge in [0.1, 0.15) is 11.3 Å². The predicted molar refractivity (Wildman–Crippen MR) is 70.0 cm³/mol. The van der Waals surface area contributed by atoms with Gasteiger partial charge in [-0.25, -0.2) is 13.2 Å². The first-order valence-corrected chi connectivity index (χ1v) is 7.03. The van der Waals surface area contributed by atoms with Gasteiger partial charge in [0.2, 0.25) is 10.0 Å². The van der Waals surface area contributed by atoms with Crippen LogP contribution in [-0.2, 0) is 10.0 Å². The first kappa shape index (κ1) is 15.9. The second kappa shape index (κ2) is 6.36. The molecule has 0 saturated heterocycles. The normalized spacial score (nSPS) is 11.1. The molecular weight excluding hydrogens is 284 g/mol. The molecule has 8 heteroatoms. The highest BCUT2D eigenvalue weighted by molar-refractivity contribution is 7.89. The quantitative estimate of drug-likeness (QED) is 0.837. The average molecular weight is 298 g/mol. The summed E-state index contributed by atoms with van der Waals surface area (Å²) in [6.07, 6.45) is 0.0532. The zero-order chi connectivity index (χ0) is 15.3.